The standard InChI is InChI=1S/C24H18O3/c1-26-22-9-5-8-18(15-22)19-10-11-21-16-23(13-12-20(21)14-19)27-24(25)17-6-3-2-4-7-17/h2-16H,1H3. The van der Waals surface area contributed by atoms with Crippen molar-refractivity contribution in [3.05, 3.63) is 96.6 Å². The summed E-state index contributed by atoms with van der Waals surface area (Å²) < 4.78 is 10.8. The van der Waals surface area contributed by atoms with Gasteiger partial charge in [0.15, 0.2) is 0 Å². The number of carbonyl (C=O) groups excluding carboxylic acids is 1. The van der Waals surface area contributed by atoms with Gasteiger partial charge >= 0.3 is 5.97 Å². The van der Waals surface area contributed by atoms with Crippen LogP contribution in [-0.2, 0) is 0 Å². The summed E-state index contributed by atoms with van der Waals surface area (Å²) in [6, 6.07) is 28.8. The molecule has 0 aliphatic carbocycles. The predicted molar refractivity (Wildman–Crippen MR) is 107 cm³/mol. The van der Waals surface area contributed by atoms with E-state index in [0.29, 0.717) is 11.3 Å². The van der Waals surface area contributed by atoms with Crippen molar-refractivity contribution in [3.63, 3.8) is 0 Å². The molecule has 0 radical (unpaired) electrons. The van der Waals surface area contributed by atoms with Crippen LogP contribution in [0.1, 0.15) is 10.4 Å². The Hall–Kier alpha value is -3.59. The first-order valence-corrected chi connectivity index (χ1v) is 8.68. The quantitative estimate of drug-likeness (QED) is 0.346. The third kappa shape index (κ3) is 3.67. The summed E-state index contributed by atoms with van der Waals surface area (Å²) in [4.78, 5) is 12.2. The average Bonchev–Trinajstić information content (AvgIpc) is 2.74. The fourth-order valence-electron chi connectivity index (χ4n) is 3.01. The first kappa shape index (κ1) is 16.9. The van der Waals surface area contributed by atoms with Crippen molar-refractivity contribution in [2.45, 2.75) is 0 Å². The molecule has 0 heterocycles. The Balaban J connectivity index is 1.61. The lowest BCUT2D eigenvalue weighted by Gasteiger charge is -2.08. The van der Waals surface area contributed by atoms with Crippen LogP contribution in [0.5, 0.6) is 11.5 Å². The van der Waals surface area contributed by atoms with E-state index in [1.807, 2.05) is 60.7 Å². The van der Waals surface area contributed by atoms with Crippen LogP contribution in [0.15, 0.2) is 91.0 Å². The first-order chi connectivity index (χ1) is 13.2. The maximum atomic E-state index is 12.2. The average molecular weight is 354 g/mol. The highest BCUT2D eigenvalue weighted by molar-refractivity contribution is 5.93. The summed E-state index contributed by atoms with van der Waals surface area (Å²) in [5, 5.41) is 2.09. The van der Waals surface area contributed by atoms with Gasteiger partial charge in [-0.3, -0.25) is 0 Å². The topological polar surface area (TPSA) is 35.5 Å². The van der Waals surface area contributed by atoms with Crippen LogP contribution in [0.3, 0.4) is 0 Å². The summed E-state index contributed by atoms with van der Waals surface area (Å²) in [5.41, 5.74) is 2.73. The molecule has 0 fully saturated rings. The van der Waals surface area contributed by atoms with Gasteiger partial charge in [-0.05, 0) is 64.4 Å². The van der Waals surface area contributed by atoms with Gasteiger partial charge < -0.3 is 9.47 Å². The lowest BCUT2D eigenvalue weighted by Crippen LogP contribution is -2.07. The molecule has 0 spiro atoms. The Labute approximate surface area is 157 Å². The van der Waals surface area contributed by atoms with Crippen LogP contribution in [0, 0.1) is 0 Å². The molecule has 0 N–H and O–H groups in total. The van der Waals surface area contributed by atoms with Crippen molar-refractivity contribution >= 4 is 16.7 Å². The number of methoxy groups -OCH3 is 1. The summed E-state index contributed by atoms with van der Waals surface area (Å²) in [5.74, 6) is 1.00. The highest BCUT2D eigenvalue weighted by Gasteiger charge is 2.09. The fraction of sp³-hybridized carbons (Fsp3) is 0.0417. The molecule has 0 saturated carbocycles. The SMILES string of the molecule is COc1cccc(-c2ccc3cc(OC(=O)c4ccccc4)ccc3c2)c1. The van der Waals surface area contributed by atoms with E-state index in [0.717, 1.165) is 27.6 Å². The van der Waals surface area contributed by atoms with Gasteiger partial charge in [0.25, 0.3) is 0 Å². The van der Waals surface area contributed by atoms with E-state index in [-0.39, 0.29) is 5.97 Å². The molecule has 3 nitrogen and oxygen atoms in total. The minimum atomic E-state index is -0.358. The number of ether oxygens (including phenoxy) is 2. The maximum Gasteiger partial charge on any atom is 0.343 e. The van der Waals surface area contributed by atoms with Crippen molar-refractivity contribution in [1.82, 2.24) is 0 Å². The summed E-state index contributed by atoms with van der Waals surface area (Å²) in [7, 11) is 1.66. The molecule has 27 heavy (non-hydrogen) atoms. The molecule has 4 aromatic carbocycles. The van der Waals surface area contributed by atoms with Gasteiger partial charge in [-0.15, -0.1) is 0 Å². The summed E-state index contributed by atoms with van der Waals surface area (Å²) >= 11 is 0. The molecule has 0 aliphatic heterocycles. The van der Waals surface area contributed by atoms with Crippen LogP contribution in [0.2, 0.25) is 0 Å². The van der Waals surface area contributed by atoms with E-state index in [1.165, 1.54) is 0 Å². The number of esters is 1. The molecule has 0 aromatic heterocycles. The molecule has 0 amide bonds. The van der Waals surface area contributed by atoms with Gasteiger partial charge in [-0.1, -0.05) is 48.5 Å². The largest absolute Gasteiger partial charge is 0.497 e. The summed E-state index contributed by atoms with van der Waals surface area (Å²) in [6.45, 7) is 0. The second-order valence-corrected chi connectivity index (χ2v) is 6.21. The molecule has 0 aliphatic rings. The Morgan fingerprint density at radius 3 is 2.22 bits per heavy atom. The van der Waals surface area contributed by atoms with E-state index >= 15 is 0 Å². The van der Waals surface area contributed by atoms with Gasteiger partial charge in [-0.2, -0.15) is 0 Å². The number of hydrogen-bond donors (Lipinski definition) is 0. The molecule has 132 valence electrons. The zero-order chi connectivity index (χ0) is 18.6. The monoisotopic (exact) mass is 354 g/mol. The maximum absolute atomic E-state index is 12.2. The highest BCUT2D eigenvalue weighted by Crippen LogP contribution is 2.29. The summed E-state index contributed by atoms with van der Waals surface area (Å²) in [6.07, 6.45) is 0. The van der Waals surface area contributed by atoms with Gasteiger partial charge in [0.2, 0.25) is 0 Å². The van der Waals surface area contributed by atoms with Gasteiger partial charge in [-0.25, -0.2) is 4.79 Å². The molecule has 0 bridgehead atoms. The minimum Gasteiger partial charge on any atom is -0.497 e. The van der Waals surface area contributed by atoms with Gasteiger partial charge in [0, 0.05) is 0 Å². The zero-order valence-corrected chi connectivity index (χ0v) is 14.9. The molecule has 4 rings (SSSR count). The predicted octanol–water partition coefficient (Wildman–Crippen LogP) is 5.73. The van der Waals surface area contributed by atoms with E-state index < -0.39 is 0 Å². The Bertz CT molecular complexity index is 1100. The van der Waals surface area contributed by atoms with Crippen molar-refractivity contribution in [1.29, 1.82) is 0 Å². The van der Waals surface area contributed by atoms with Crippen molar-refractivity contribution in [2.75, 3.05) is 7.11 Å². The van der Waals surface area contributed by atoms with Gasteiger partial charge in [0.1, 0.15) is 11.5 Å². The molecular formula is C24H18O3. The molecular weight excluding hydrogens is 336 g/mol. The number of carbonyl (C=O) groups is 1. The third-order valence-electron chi connectivity index (χ3n) is 4.43. The number of benzene rings is 4. The van der Waals surface area contributed by atoms with Crippen molar-refractivity contribution in [2.24, 2.45) is 0 Å². The zero-order valence-electron chi connectivity index (χ0n) is 14.9. The Morgan fingerprint density at radius 2 is 1.41 bits per heavy atom. The minimum absolute atomic E-state index is 0.358. The smallest absolute Gasteiger partial charge is 0.343 e. The highest BCUT2D eigenvalue weighted by atomic mass is 16.5. The first-order valence-electron chi connectivity index (χ1n) is 8.68. The molecule has 3 heteroatoms. The van der Waals surface area contributed by atoms with Crippen LogP contribution in [-0.4, -0.2) is 13.1 Å². The van der Waals surface area contributed by atoms with E-state index in [2.05, 4.69) is 18.2 Å². The normalized spacial score (nSPS) is 10.6. The van der Waals surface area contributed by atoms with Crippen LogP contribution >= 0.6 is 0 Å². The van der Waals surface area contributed by atoms with Crippen LogP contribution < -0.4 is 9.47 Å². The third-order valence-corrected chi connectivity index (χ3v) is 4.43. The second-order valence-electron chi connectivity index (χ2n) is 6.21. The van der Waals surface area contributed by atoms with Crippen LogP contribution in [0.4, 0.5) is 0 Å². The van der Waals surface area contributed by atoms with E-state index in [9.17, 15) is 4.79 Å². The van der Waals surface area contributed by atoms with Crippen molar-refractivity contribution in [3.8, 4) is 22.6 Å². The second kappa shape index (κ2) is 7.34. The van der Waals surface area contributed by atoms with Gasteiger partial charge in [0.05, 0.1) is 12.7 Å². The van der Waals surface area contributed by atoms with Crippen LogP contribution in [0.25, 0.3) is 21.9 Å². The fourth-order valence-corrected chi connectivity index (χ4v) is 3.01. The van der Waals surface area contributed by atoms with E-state index in [4.69, 9.17) is 9.47 Å². The number of hydrogen-bond acceptors (Lipinski definition) is 3. The lowest BCUT2D eigenvalue weighted by molar-refractivity contribution is 0.0735. The molecule has 4 aromatic rings. The Kier molecular flexibility index (Phi) is 4.58. The van der Waals surface area contributed by atoms with E-state index in [1.54, 1.807) is 19.2 Å². The lowest BCUT2D eigenvalue weighted by atomic mass is 10.0. The number of fused-ring (bicyclic) bond motifs is 1. The number of rotatable bonds is 4. The van der Waals surface area contributed by atoms with Crippen molar-refractivity contribution < 1.29 is 14.3 Å². The molecule has 0 saturated heterocycles. The molecule has 0 unspecified atom stereocenters. The Morgan fingerprint density at radius 1 is 0.667 bits per heavy atom. The molecule has 0 atom stereocenters.